The van der Waals surface area contributed by atoms with Gasteiger partial charge in [0.05, 0.1) is 5.41 Å². The molecule has 3 heteroatoms. The molecule has 0 unspecified atom stereocenters. The van der Waals surface area contributed by atoms with Gasteiger partial charge in [0, 0.05) is 0 Å². The minimum atomic E-state index is -0.310. The summed E-state index contributed by atoms with van der Waals surface area (Å²) >= 11 is 0. The Labute approximate surface area is 84.6 Å². The lowest BCUT2D eigenvalue weighted by Gasteiger charge is -2.26. The lowest BCUT2D eigenvalue weighted by atomic mass is 9.80. The van der Waals surface area contributed by atoms with E-state index in [1.807, 2.05) is 13.8 Å². The first-order valence-corrected chi connectivity index (χ1v) is 5.59. The lowest BCUT2D eigenvalue weighted by molar-refractivity contribution is -0.144. The maximum atomic E-state index is 11.4. The monoisotopic (exact) mass is 202 g/mol. The minimum absolute atomic E-state index is 0.0524. The predicted molar refractivity (Wildman–Crippen MR) is 58.5 cm³/mol. The van der Waals surface area contributed by atoms with Crippen molar-refractivity contribution in [2.45, 2.75) is 47.5 Å². The third-order valence-corrected chi connectivity index (χ3v) is 2.61. The van der Waals surface area contributed by atoms with E-state index in [0.717, 1.165) is 12.8 Å². The highest BCUT2D eigenvalue weighted by atomic mass is 28.2. The summed E-state index contributed by atoms with van der Waals surface area (Å²) in [6, 6.07) is 0. The Hall–Kier alpha value is -0.313. The van der Waals surface area contributed by atoms with Gasteiger partial charge in [0.1, 0.15) is 0 Å². The maximum Gasteiger partial charge on any atom is 0.297 e. The number of carbonyl (C=O) groups excluding carboxylic acids is 1. The molecule has 0 aliphatic heterocycles. The second-order valence-electron chi connectivity index (χ2n) is 5.44. The largest absolute Gasteiger partial charge is 0.528 e. The highest BCUT2D eigenvalue weighted by Gasteiger charge is 2.29. The zero-order valence-corrected chi connectivity index (χ0v) is 11.7. The van der Waals surface area contributed by atoms with Crippen molar-refractivity contribution < 1.29 is 9.22 Å². The molecule has 2 nitrogen and oxygen atoms in total. The van der Waals surface area contributed by atoms with E-state index in [4.69, 9.17) is 4.43 Å². The van der Waals surface area contributed by atoms with Gasteiger partial charge in [-0.05, 0) is 32.1 Å². The molecule has 0 spiro atoms. The van der Waals surface area contributed by atoms with Gasteiger partial charge < -0.3 is 4.43 Å². The number of carbonyl (C=O) groups is 1. The first kappa shape index (κ1) is 12.7. The lowest BCUT2D eigenvalue weighted by Crippen LogP contribution is -2.27. The Bertz CT molecular complexity index is 180. The van der Waals surface area contributed by atoms with E-state index in [2.05, 4.69) is 20.8 Å². The van der Waals surface area contributed by atoms with Gasteiger partial charge in [-0.2, -0.15) is 0 Å². The molecule has 0 bridgehead atoms. The van der Waals surface area contributed by atoms with Gasteiger partial charge in [-0.15, -0.1) is 0 Å². The van der Waals surface area contributed by atoms with Crippen LogP contribution in [0.1, 0.15) is 47.5 Å². The van der Waals surface area contributed by atoms with E-state index in [9.17, 15) is 4.79 Å². The van der Waals surface area contributed by atoms with E-state index in [1.54, 1.807) is 0 Å². The van der Waals surface area contributed by atoms with Crippen LogP contribution >= 0.6 is 0 Å². The van der Waals surface area contributed by atoms with Crippen LogP contribution in [0.25, 0.3) is 0 Å². The highest BCUT2D eigenvalue weighted by molar-refractivity contribution is 6.06. The molecular formula is C10H22O2Si. The van der Waals surface area contributed by atoms with Crippen LogP contribution in [-0.2, 0) is 9.22 Å². The van der Waals surface area contributed by atoms with Crippen molar-refractivity contribution in [3.8, 4) is 0 Å². The van der Waals surface area contributed by atoms with Crippen LogP contribution in [0.5, 0.6) is 0 Å². The molecule has 0 aliphatic rings. The van der Waals surface area contributed by atoms with Crippen LogP contribution in [-0.4, -0.2) is 16.5 Å². The summed E-state index contributed by atoms with van der Waals surface area (Å²) in [7, 11) is 0.501. The fraction of sp³-hybridized carbons (Fsp3) is 0.900. The van der Waals surface area contributed by atoms with Gasteiger partial charge in [-0.1, -0.05) is 20.8 Å². The van der Waals surface area contributed by atoms with Crippen molar-refractivity contribution in [2.24, 2.45) is 10.8 Å². The zero-order valence-electron chi connectivity index (χ0n) is 9.73. The smallest absolute Gasteiger partial charge is 0.297 e. The van der Waals surface area contributed by atoms with E-state index >= 15 is 0 Å². The van der Waals surface area contributed by atoms with Gasteiger partial charge in [-0.3, -0.25) is 4.79 Å². The summed E-state index contributed by atoms with van der Waals surface area (Å²) in [6.45, 7) is 10.5. The summed E-state index contributed by atoms with van der Waals surface area (Å²) in [5, 5.41) is 0. The highest BCUT2D eigenvalue weighted by Crippen LogP contribution is 2.30. The van der Waals surface area contributed by atoms with Crippen molar-refractivity contribution >= 4 is 16.5 Å². The molecule has 0 aliphatic carbocycles. The van der Waals surface area contributed by atoms with Crippen molar-refractivity contribution in [2.75, 3.05) is 0 Å². The quantitative estimate of drug-likeness (QED) is 0.651. The molecule has 78 valence electrons. The SMILES string of the molecule is CC(C)(C)CCC(C)(C)C(=O)O[SiH3]. The van der Waals surface area contributed by atoms with Gasteiger partial charge >= 0.3 is 0 Å². The third kappa shape index (κ3) is 5.08. The van der Waals surface area contributed by atoms with E-state index in [-0.39, 0.29) is 11.4 Å². The number of rotatable bonds is 3. The van der Waals surface area contributed by atoms with Crippen molar-refractivity contribution in [3.63, 3.8) is 0 Å². The van der Waals surface area contributed by atoms with Crippen LogP contribution < -0.4 is 0 Å². The molecule has 0 amide bonds. The summed E-state index contributed by atoms with van der Waals surface area (Å²) in [5.74, 6) is -0.0524. The van der Waals surface area contributed by atoms with Crippen molar-refractivity contribution in [1.29, 1.82) is 0 Å². The Balaban J connectivity index is 4.11. The number of hydrogen-bond donors (Lipinski definition) is 0. The Kier molecular flexibility index (Phi) is 4.16. The summed E-state index contributed by atoms with van der Waals surface area (Å²) in [5.41, 5.74) is -0.0161. The average molecular weight is 202 g/mol. The Morgan fingerprint density at radius 2 is 1.62 bits per heavy atom. The molecule has 0 heterocycles. The van der Waals surface area contributed by atoms with Crippen LogP contribution in [0.2, 0.25) is 0 Å². The number of hydrogen-bond acceptors (Lipinski definition) is 2. The van der Waals surface area contributed by atoms with Gasteiger partial charge in [0.25, 0.3) is 5.97 Å². The Morgan fingerprint density at radius 3 is 1.92 bits per heavy atom. The molecule has 0 aromatic carbocycles. The molecule has 0 saturated carbocycles. The molecule has 0 radical (unpaired) electrons. The van der Waals surface area contributed by atoms with E-state index in [1.165, 1.54) is 0 Å². The molecule has 13 heavy (non-hydrogen) atoms. The zero-order chi connectivity index (χ0) is 10.7. The van der Waals surface area contributed by atoms with E-state index < -0.39 is 0 Å². The molecule has 0 aromatic heterocycles. The molecule has 0 saturated heterocycles. The maximum absolute atomic E-state index is 11.4. The van der Waals surface area contributed by atoms with Gasteiger partial charge in [-0.25, -0.2) is 0 Å². The van der Waals surface area contributed by atoms with Crippen LogP contribution in [0, 0.1) is 10.8 Å². The first-order valence-electron chi connectivity index (χ1n) is 4.77. The fourth-order valence-electron chi connectivity index (χ4n) is 1.07. The second kappa shape index (κ2) is 4.27. The summed E-state index contributed by atoms with van der Waals surface area (Å²) < 4.78 is 4.88. The molecular weight excluding hydrogens is 180 g/mol. The van der Waals surface area contributed by atoms with Crippen LogP contribution in [0.3, 0.4) is 0 Å². The second-order valence-corrected chi connectivity index (χ2v) is 5.84. The summed E-state index contributed by atoms with van der Waals surface area (Å²) in [4.78, 5) is 11.4. The molecule has 0 fully saturated rings. The van der Waals surface area contributed by atoms with Gasteiger partial charge in [0.2, 0.25) is 10.5 Å². The minimum Gasteiger partial charge on any atom is -0.528 e. The molecule has 0 aromatic rings. The molecule has 0 rings (SSSR count). The normalized spacial score (nSPS) is 13.0. The standard InChI is InChI=1S/C10H22O2Si/c1-9(2,3)6-7-10(4,5)8(11)12-13/h6-7H2,1-5,13H3. The topological polar surface area (TPSA) is 26.3 Å². The van der Waals surface area contributed by atoms with Crippen LogP contribution in [0.15, 0.2) is 0 Å². The van der Waals surface area contributed by atoms with Crippen molar-refractivity contribution in [1.82, 2.24) is 0 Å². The van der Waals surface area contributed by atoms with Crippen LogP contribution in [0.4, 0.5) is 0 Å². The fourth-order valence-corrected chi connectivity index (χ4v) is 1.62. The third-order valence-electron chi connectivity index (χ3n) is 2.24. The van der Waals surface area contributed by atoms with Crippen molar-refractivity contribution in [3.05, 3.63) is 0 Å². The average Bonchev–Trinajstić information content (AvgIpc) is 1.98. The molecule has 0 atom stereocenters. The molecule has 0 N–H and O–H groups in total. The Morgan fingerprint density at radius 1 is 1.15 bits per heavy atom. The first-order chi connectivity index (χ1) is 5.69. The predicted octanol–water partition coefficient (Wildman–Crippen LogP) is 1.66. The summed E-state index contributed by atoms with van der Waals surface area (Å²) in [6.07, 6.45) is 1.95. The van der Waals surface area contributed by atoms with Gasteiger partial charge in [0.15, 0.2) is 0 Å². The van der Waals surface area contributed by atoms with E-state index in [0.29, 0.717) is 15.9 Å².